The first-order valence-electron chi connectivity index (χ1n) is 6.67. The van der Waals surface area contributed by atoms with Crippen molar-refractivity contribution in [3.63, 3.8) is 0 Å². The summed E-state index contributed by atoms with van der Waals surface area (Å²) < 4.78 is 0. The molecule has 0 spiro atoms. The van der Waals surface area contributed by atoms with Gasteiger partial charge in [-0.05, 0) is 37.1 Å². The lowest BCUT2D eigenvalue weighted by Gasteiger charge is -2.18. The van der Waals surface area contributed by atoms with E-state index in [9.17, 15) is 4.79 Å². The molecule has 0 radical (unpaired) electrons. The van der Waals surface area contributed by atoms with Crippen LogP contribution in [0, 0.1) is 0 Å². The number of rotatable bonds is 8. The first kappa shape index (κ1) is 14.7. The van der Waals surface area contributed by atoms with Gasteiger partial charge >= 0.3 is 5.97 Å². The molecule has 0 heterocycles. The number of carboxylic acids is 1. The van der Waals surface area contributed by atoms with E-state index in [0.29, 0.717) is 6.42 Å². The smallest absolute Gasteiger partial charge is 0.303 e. The van der Waals surface area contributed by atoms with Crippen LogP contribution in [0.3, 0.4) is 0 Å². The highest BCUT2D eigenvalue weighted by Gasteiger charge is 2.02. The van der Waals surface area contributed by atoms with Crippen LogP contribution in [0.2, 0.25) is 0 Å². The normalized spacial score (nSPS) is 10.8. The zero-order chi connectivity index (χ0) is 13.4. The van der Waals surface area contributed by atoms with Crippen LogP contribution in [-0.4, -0.2) is 29.1 Å². The minimum absolute atomic E-state index is 0.251. The fourth-order valence-electron chi connectivity index (χ4n) is 1.96. The summed E-state index contributed by atoms with van der Waals surface area (Å²) in [5, 5.41) is 8.58. The van der Waals surface area contributed by atoms with E-state index >= 15 is 0 Å². The summed E-state index contributed by atoms with van der Waals surface area (Å²) in [7, 11) is 0. The number of aryl methyl sites for hydroxylation is 1. The quantitative estimate of drug-likeness (QED) is 0.770. The Kier molecular flexibility index (Phi) is 6.44. The van der Waals surface area contributed by atoms with E-state index in [1.807, 2.05) is 0 Å². The Balaban J connectivity index is 2.44. The van der Waals surface area contributed by atoms with Gasteiger partial charge in [0.2, 0.25) is 0 Å². The zero-order valence-corrected chi connectivity index (χ0v) is 11.4. The summed E-state index contributed by atoms with van der Waals surface area (Å²) in [4.78, 5) is 12.8. The lowest BCUT2D eigenvalue weighted by atomic mass is 10.1. The Labute approximate surface area is 109 Å². The first-order chi connectivity index (χ1) is 8.65. The lowest BCUT2D eigenvalue weighted by Crippen LogP contribution is -2.21. The number of hydrogen-bond acceptors (Lipinski definition) is 2. The molecule has 0 amide bonds. The predicted octanol–water partition coefficient (Wildman–Crippen LogP) is 2.94. The molecular weight excluding hydrogens is 226 g/mol. The highest BCUT2D eigenvalue weighted by molar-refractivity contribution is 5.66. The minimum atomic E-state index is -0.715. The second-order valence-corrected chi connectivity index (χ2v) is 4.53. The number of hydrogen-bond donors (Lipinski definition) is 1. The molecule has 0 saturated carbocycles. The van der Waals surface area contributed by atoms with E-state index in [1.54, 1.807) is 0 Å². The predicted molar refractivity (Wildman–Crippen MR) is 73.6 cm³/mol. The second kappa shape index (κ2) is 7.88. The summed E-state index contributed by atoms with van der Waals surface area (Å²) >= 11 is 0. The van der Waals surface area contributed by atoms with Gasteiger partial charge in [0, 0.05) is 13.0 Å². The average Bonchev–Trinajstić information content (AvgIpc) is 2.37. The van der Waals surface area contributed by atoms with Crippen molar-refractivity contribution in [2.24, 2.45) is 0 Å². The zero-order valence-electron chi connectivity index (χ0n) is 11.4. The third kappa shape index (κ3) is 5.32. The van der Waals surface area contributed by atoms with Gasteiger partial charge in [-0.25, -0.2) is 0 Å². The van der Waals surface area contributed by atoms with Crippen LogP contribution < -0.4 is 0 Å². The monoisotopic (exact) mass is 249 g/mol. The molecule has 100 valence electrons. The van der Waals surface area contributed by atoms with Crippen LogP contribution in [0.1, 0.15) is 37.8 Å². The summed E-state index contributed by atoms with van der Waals surface area (Å²) in [6.45, 7) is 7.46. The van der Waals surface area contributed by atoms with E-state index < -0.39 is 5.97 Å². The molecule has 0 aliphatic rings. The summed E-state index contributed by atoms with van der Waals surface area (Å²) in [5.74, 6) is -0.715. The number of carbonyl (C=O) groups is 1. The molecule has 0 unspecified atom stereocenters. The lowest BCUT2D eigenvalue weighted by molar-refractivity contribution is -0.137. The number of benzene rings is 1. The van der Waals surface area contributed by atoms with Crippen molar-refractivity contribution in [2.45, 2.75) is 39.7 Å². The summed E-state index contributed by atoms with van der Waals surface area (Å²) in [5.41, 5.74) is 2.54. The van der Waals surface area contributed by atoms with Crippen LogP contribution in [0.4, 0.5) is 0 Å². The molecule has 0 fully saturated rings. The molecule has 0 atom stereocenters. The van der Waals surface area contributed by atoms with Gasteiger partial charge in [-0.1, -0.05) is 38.1 Å². The van der Waals surface area contributed by atoms with Crippen LogP contribution in [0.15, 0.2) is 24.3 Å². The topological polar surface area (TPSA) is 40.5 Å². The largest absolute Gasteiger partial charge is 0.481 e. The van der Waals surface area contributed by atoms with Crippen molar-refractivity contribution < 1.29 is 9.90 Å². The van der Waals surface area contributed by atoms with Gasteiger partial charge in [-0.15, -0.1) is 0 Å². The fourth-order valence-corrected chi connectivity index (χ4v) is 1.96. The molecule has 1 rings (SSSR count). The molecular formula is C15H23NO2. The maximum Gasteiger partial charge on any atom is 0.303 e. The molecule has 3 nitrogen and oxygen atoms in total. The highest BCUT2D eigenvalue weighted by Crippen LogP contribution is 2.10. The summed E-state index contributed by atoms with van der Waals surface area (Å²) in [6, 6.07) is 8.52. The van der Waals surface area contributed by atoms with E-state index in [-0.39, 0.29) is 6.42 Å². The van der Waals surface area contributed by atoms with Crippen LogP contribution in [0.5, 0.6) is 0 Å². The Bertz CT molecular complexity index is 355. The van der Waals surface area contributed by atoms with Gasteiger partial charge in [0.05, 0.1) is 0 Å². The third-order valence-electron chi connectivity index (χ3n) is 3.18. The molecule has 18 heavy (non-hydrogen) atoms. The van der Waals surface area contributed by atoms with Gasteiger partial charge in [0.1, 0.15) is 0 Å². The maximum atomic E-state index is 10.4. The molecule has 0 saturated heterocycles. The molecule has 3 heteroatoms. The van der Waals surface area contributed by atoms with Crippen molar-refractivity contribution in [1.29, 1.82) is 0 Å². The van der Waals surface area contributed by atoms with Crippen molar-refractivity contribution in [3.05, 3.63) is 35.4 Å². The Hall–Kier alpha value is -1.35. The molecule has 0 bridgehead atoms. The average molecular weight is 249 g/mol. The maximum absolute atomic E-state index is 10.4. The van der Waals surface area contributed by atoms with Crippen molar-refractivity contribution >= 4 is 5.97 Å². The molecule has 0 aromatic heterocycles. The standard InChI is InChI=1S/C15H23NO2/c1-3-16(4-2)12-14-10-8-13(9-11-14)6-5-7-15(17)18/h8-11H,3-7,12H2,1-2H3,(H,17,18). The molecule has 0 aliphatic heterocycles. The number of carboxylic acid groups (broad SMARTS) is 1. The van der Waals surface area contributed by atoms with Gasteiger partial charge in [-0.2, -0.15) is 0 Å². The molecule has 1 aromatic rings. The first-order valence-corrected chi connectivity index (χ1v) is 6.67. The Morgan fingerprint density at radius 1 is 1.11 bits per heavy atom. The highest BCUT2D eigenvalue weighted by atomic mass is 16.4. The van der Waals surface area contributed by atoms with Crippen molar-refractivity contribution in [3.8, 4) is 0 Å². The Morgan fingerprint density at radius 2 is 1.67 bits per heavy atom. The second-order valence-electron chi connectivity index (χ2n) is 4.53. The van der Waals surface area contributed by atoms with Gasteiger partial charge in [0.15, 0.2) is 0 Å². The van der Waals surface area contributed by atoms with Gasteiger partial charge < -0.3 is 5.11 Å². The molecule has 1 N–H and O–H groups in total. The molecule has 0 aliphatic carbocycles. The van der Waals surface area contributed by atoms with E-state index in [4.69, 9.17) is 5.11 Å². The van der Waals surface area contributed by atoms with Crippen molar-refractivity contribution in [2.75, 3.05) is 13.1 Å². The Morgan fingerprint density at radius 3 is 2.17 bits per heavy atom. The third-order valence-corrected chi connectivity index (χ3v) is 3.18. The molecule has 1 aromatic carbocycles. The van der Waals surface area contributed by atoms with E-state index in [0.717, 1.165) is 26.1 Å². The summed E-state index contributed by atoms with van der Waals surface area (Å²) in [6.07, 6.45) is 1.81. The van der Waals surface area contributed by atoms with Gasteiger partial charge in [0.25, 0.3) is 0 Å². The van der Waals surface area contributed by atoms with E-state index in [2.05, 4.69) is 43.0 Å². The van der Waals surface area contributed by atoms with Crippen molar-refractivity contribution in [1.82, 2.24) is 4.90 Å². The van der Waals surface area contributed by atoms with Crippen LogP contribution in [-0.2, 0) is 17.8 Å². The van der Waals surface area contributed by atoms with Crippen LogP contribution >= 0.6 is 0 Å². The number of aliphatic carboxylic acids is 1. The fraction of sp³-hybridized carbons (Fsp3) is 0.533. The van der Waals surface area contributed by atoms with Crippen LogP contribution in [0.25, 0.3) is 0 Å². The number of nitrogens with zero attached hydrogens (tertiary/aromatic N) is 1. The van der Waals surface area contributed by atoms with E-state index in [1.165, 1.54) is 11.1 Å². The minimum Gasteiger partial charge on any atom is -0.481 e. The van der Waals surface area contributed by atoms with Gasteiger partial charge in [-0.3, -0.25) is 9.69 Å². The SMILES string of the molecule is CCN(CC)Cc1ccc(CCCC(=O)O)cc1.